The number of sulfonamides is 1. The summed E-state index contributed by atoms with van der Waals surface area (Å²) in [5, 5.41) is 3.54. The van der Waals surface area contributed by atoms with Crippen LogP contribution < -0.4 is 15.7 Å². The van der Waals surface area contributed by atoms with Gasteiger partial charge in [0.15, 0.2) is 0 Å². The van der Waals surface area contributed by atoms with Crippen LogP contribution in [0.25, 0.3) is 11.0 Å². The quantitative estimate of drug-likeness (QED) is 0.383. The third-order valence-corrected chi connectivity index (χ3v) is 6.94. The monoisotopic (exact) mass is 476 g/mol. The Morgan fingerprint density at radius 1 is 0.941 bits per heavy atom. The molecular formula is C26H24N2O5S. The Morgan fingerprint density at radius 2 is 1.65 bits per heavy atom. The maximum absolute atomic E-state index is 13.0. The number of aryl methyl sites for hydroxylation is 2. The van der Waals surface area contributed by atoms with Crippen LogP contribution in [0.3, 0.4) is 0 Å². The Labute approximate surface area is 197 Å². The lowest BCUT2D eigenvalue weighted by atomic mass is 10.0. The lowest BCUT2D eigenvalue weighted by molar-refractivity contribution is -0.116. The molecule has 2 N–H and O–H groups in total. The van der Waals surface area contributed by atoms with Gasteiger partial charge in [0.25, 0.3) is 0 Å². The van der Waals surface area contributed by atoms with Crippen molar-refractivity contribution in [3.8, 4) is 0 Å². The number of carbonyl (C=O) groups excluding carboxylic acids is 1. The van der Waals surface area contributed by atoms with Crippen molar-refractivity contribution in [3.63, 3.8) is 0 Å². The number of benzene rings is 3. The van der Waals surface area contributed by atoms with Crippen molar-refractivity contribution in [2.75, 3.05) is 5.32 Å². The molecule has 0 unspecified atom stereocenters. The molecule has 0 aliphatic rings. The summed E-state index contributed by atoms with van der Waals surface area (Å²) >= 11 is 0. The van der Waals surface area contributed by atoms with E-state index in [0.717, 1.165) is 16.5 Å². The fourth-order valence-electron chi connectivity index (χ4n) is 3.69. The Morgan fingerprint density at radius 3 is 2.35 bits per heavy atom. The van der Waals surface area contributed by atoms with Gasteiger partial charge in [0.2, 0.25) is 15.9 Å². The van der Waals surface area contributed by atoms with Crippen LogP contribution in [0.2, 0.25) is 0 Å². The molecule has 0 saturated heterocycles. The first-order chi connectivity index (χ1) is 16.2. The molecule has 174 valence electrons. The van der Waals surface area contributed by atoms with E-state index in [1.807, 2.05) is 19.9 Å². The van der Waals surface area contributed by atoms with Crippen molar-refractivity contribution >= 4 is 32.6 Å². The molecule has 4 rings (SSSR count). The van der Waals surface area contributed by atoms with Gasteiger partial charge in [-0.3, -0.25) is 4.79 Å². The Bertz CT molecular complexity index is 1490. The predicted octanol–water partition coefficient (Wildman–Crippen LogP) is 4.46. The molecule has 0 bridgehead atoms. The molecule has 0 radical (unpaired) electrons. The summed E-state index contributed by atoms with van der Waals surface area (Å²) in [6, 6.07) is 21.1. The van der Waals surface area contributed by atoms with E-state index in [-0.39, 0.29) is 11.3 Å². The molecule has 0 saturated carbocycles. The van der Waals surface area contributed by atoms with E-state index >= 15 is 0 Å². The van der Waals surface area contributed by atoms with Gasteiger partial charge in [-0.05, 0) is 49.2 Å². The smallest absolute Gasteiger partial charge is 0.336 e. The zero-order chi connectivity index (χ0) is 24.3. The lowest BCUT2D eigenvalue weighted by Gasteiger charge is -2.19. The highest BCUT2D eigenvalue weighted by Crippen LogP contribution is 2.24. The van der Waals surface area contributed by atoms with Crippen molar-refractivity contribution in [2.24, 2.45) is 0 Å². The summed E-state index contributed by atoms with van der Waals surface area (Å²) < 4.78 is 33.9. The molecule has 1 heterocycles. The number of hydrogen-bond donors (Lipinski definition) is 2. The Hall–Kier alpha value is -3.75. The molecule has 1 aromatic heterocycles. The van der Waals surface area contributed by atoms with Gasteiger partial charge in [-0.25, -0.2) is 17.9 Å². The Balaban J connectivity index is 1.57. The molecule has 7 nitrogen and oxygen atoms in total. The topological polar surface area (TPSA) is 105 Å². The van der Waals surface area contributed by atoms with E-state index in [0.29, 0.717) is 16.8 Å². The first-order valence-corrected chi connectivity index (χ1v) is 12.2. The minimum atomic E-state index is -3.86. The highest BCUT2D eigenvalue weighted by Gasteiger charge is 2.24. The SMILES string of the molecule is Cc1ccc(S(=O)(=O)N[C@H](CC(=O)Nc2ccc3c(C)cc(=O)oc3c2)c2ccccc2)cc1. The number of fused-ring (bicyclic) bond motifs is 1. The number of carbonyl (C=O) groups is 1. The van der Waals surface area contributed by atoms with Crippen LogP contribution in [0.4, 0.5) is 5.69 Å². The Kier molecular flexibility index (Phi) is 6.63. The van der Waals surface area contributed by atoms with Gasteiger partial charge in [-0.1, -0.05) is 48.0 Å². The second kappa shape index (κ2) is 9.62. The third kappa shape index (κ3) is 5.41. The van der Waals surface area contributed by atoms with Gasteiger partial charge in [0, 0.05) is 29.6 Å². The van der Waals surface area contributed by atoms with Gasteiger partial charge in [0.1, 0.15) is 5.58 Å². The summed E-state index contributed by atoms with van der Waals surface area (Å²) in [7, 11) is -3.86. The third-order valence-electron chi connectivity index (χ3n) is 5.46. The van der Waals surface area contributed by atoms with Crippen LogP contribution in [-0.4, -0.2) is 14.3 Å². The molecule has 8 heteroatoms. The number of hydrogen-bond acceptors (Lipinski definition) is 5. The molecule has 1 atom stereocenters. The molecule has 1 amide bonds. The second-order valence-corrected chi connectivity index (χ2v) is 9.82. The van der Waals surface area contributed by atoms with Crippen LogP contribution in [-0.2, 0) is 14.8 Å². The van der Waals surface area contributed by atoms with Crippen molar-refractivity contribution in [1.29, 1.82) is 0 Å². The van der Waals surface area contributed by atoms with Crippen LogP contribution in [0.15, 0.2) is 93.0 Å². The zero-order valence-electron chi connectivity index (χ0n) is 18.7. The maximum Gasteiger partial charge on any atom is 0.336 e. The first-order valence-electron chi connectivity index (χ1n) is 10.7. The summed E-state index contributed by atoms with van der Waals surface area (Å²) in [6.07, 6.45) is -0.134. The van der Waals surface area contributed by atoms with E-state index in [4.69, 9.17) is 4.42 Å². The molecule has 0 fully saturated rings. The van der Waals surface area contributed by atoms with Crippen LogP contribution >= 0.6 is 0 Å². The fraction of sp³-hybridized carbons (Fsp3) is 0.154. The minimum Gasteiger partial charge on any atom is -0.423 e. The first kappa shape index (κ1) is 23.4. The normalized spacial score (nSPS) is 12.4. The number of nitrogens with one attached hydrogen (secondary N) is 2. The van der Waals surface area contributed by atoms with Crippen molar-refractivity contribution in [1.82, 2.24) is 4.72 Å². The van der Waals surface area contributed by atoms with Gasteiger partial charge in [0.05, 0.1) is 10.9 Å². The van der Waals surface area contributed by atoms with Gasteiger partial charge in [-0.2, -0.15) is 0 Å². The van der Waals surface area contributed by atoms with Gasteiger partial charge >= 0.3 is 5.63 Å². The van der Waals surface area contributed by atoms with E-state index in [1.54, 1.807) is 54.6 Å². The molecule has 3 aromatic carbocycles. The van der Waals surface area contributed by atoms with E-state index in [9.17, 15) is 18.0 Å². The molecular weight excluding hydrogens is 452 g/mol. The van der Waals surface area contributed by atoms with Crippen LogP contribution in [0, 0.1) is 13.8 Å². The molecule has 34 heavy (non-hydrogen) atoms. The summed E-state index contributed by atoms with van der Waals surface area (Å²) in [5.74, 6) is -0.394. The standard InChI is InChI=1S/C26H24N2O5S/c1-17-8-11-21(12-9-17)34(31,32)28-23(19-6-4-3-5-7-19)16-25(29)27-20-10-13-22-18(2)14-26(30)33-24(22)15-20/h3-15,23,28H,16H2,1-2H3,(H,27,29)/t23-/m1/s1. The summed E-state index contributed by atoms with van der Waals surface area (Å²) in [5.41, 5.74) is 2.72. The van der Waals surface area contributed by atoms with Crippen molar-refractivity contribution < 1.29 is 17.6 Å². The highest BCUT2D eigenvalue weighted by atomic mass is 32.2. The average molecular weight is 477 g/mol. The fourth-order valence-corrected chi connectivity index (χ4v) is 4.91. The molecule has 0 aliphatic carbocycles. The van der Waals surface area contributed by atoms with Gasteiger partial charge < -0.3 is 9.73 Å². The maximum atomic E-state index is 13.0. The highest BCUT2D eigenvalue weighted by molar-refractivity contribution is 7.89. The largest absolute Gasteiger partial charge is 0.423 e. The number of rotatable bonds is 7. The average Bonchev–Trinajstić information content (AvgIpc) is 2.79. The van der Waals surface area contributed by atoms with Crippen LogP contribution in [0.1, 0.15) is 29.2 Å². The molecule has 4 aromatic rings. The van der Waals surface area contributed by atoms with Crippen LogP contribution in [0.5, 0.6) is 0 Å². The van der Waals surface area contributed by atoms with E-state index in [1.165, 1.54) is 18.2 Å². The van der Waals surface area contributed by atoms with Crippen molar-refractivity contribution in [3.05, 3.63) is 106 Å². The predicted molar refractivity (Wildman–Crippen MR) is 131 cm³/mol. The second-order valence-electron chi connectivity index (χ2n) is 8.11. The summed E-state index contributed by atoms with van der Waals surface area (Å²) in [6.45, 7) is 3.68. The van der Waals surface area contributed by atoms with Crippen molar-refractivity contribution in [2.45, 2.75) is 31.2 Å². The number of amides is 1. The molecule has 0 spiro atoms. The summed E-state index contributed by atoms with van der Waals surface area (Å²) in [4.78, 5) is 24.7. The molecule has 0 aliphatic heterocycles. The van der Waals surface area contributed by atoms with E-state index in [2.05, 4.69) is 10.0 Å². The van der Waals surface area contributed by atoms with E-state index < -0.39 is 27.6 Å². The lowest BCUT2D eigenvalue weighted by Crippen LogP contribution is -2.31. The van der Waals surface area contributed by atoms with Gasteiger partial charge in [-0.15, -0.1) is 0 Å². The number of anilines is 1. The zero-order valence-corrected chi connectivity index (χ0v) is 19.6. The minimum absolute atomic E-state index is 0.124.